The molecule has 0 bridgehead atoms. The van der Waals surface area contributed by atoms with Crippen LogP contribution in [-0.4, -0.2) is 27.1 Å². The summed E-state index contributed by atoms with van der Waals surface area (Å²) in [6.07, 6.45) is 5.00. The van der Waals surface area contributed by atoms with Crippen molar-refractivity contribution in [2.24, 2.45) is 4.99 Å². The highest BCUT2D eigenvalue weighted by molar-refractivity contribution is 7.07. The van der Waals surface area contributed by atoms with Gasteiger partial charge in [-0.05, 0) is 49.8 Å². The zero-order valence-electron chi connectivity index (χ0n) is 19.8. The molecule has 0 aliphatic carbocycles. The third-order valence-corrected chi connectivity index (χ3v) is 6.74. The zero-order valence-corrected chi connectivity index (χ0v) is 20.6. The van der Waals surface area contributed by atoms with Crippen LogP contribution in [-0.2, 0) is 9.53 Å². The summed E-state index contributed by atoms with van der Waals surface area (Å²) in [5, 5.41) is 11.2. The molecule has 3 aromatic heterocycles. The molecule has 0 saturated heterocycles. The van der Waals surface area contributed by atoms with Crippen molar-refractivity contribution in [2.45, 2.75) is 19.9 Å². The average Bonchev–Trinajstić information content (AvgIpc) is 3.49. The summed E-state index contributed by atoms with van der Waals surface area (Å²) in [7, 11) is 0. The van der Waals surface area contributed by atoms with E-state index in [4.69, 9.17) is 9.15 Å². The molecular formula is C26H20N4O6S. The molecule has 0 amide bonds. The summed E-state index contributed by atoms with van der Waals surface area (Å²) >= 11 is 1.20. The van der Waals surface area contributed by atoms with E-state index in [1.54, 1.807) is 68.7 Å². The van der Waals surface area contributed by atoms with Crippen LogP contribution in [0.5, 0.6) is 0 Å². The lowest BCUT2D eigenvalue weighted by Crippen LogP contribution is -2.39. The Morgan fingerprint density at radius 2 is 2.03 bits per heavy atom. The Labute approximate surface area is 213 Å². The van der Waals surface area contributed by atoms with E-state index in [-0.39, 0.29) is 23.4 Å². The quantitative estimate of drug-likeness (QED) is 0.218. The number of esters is 1. The molecular weight excluding hydrogens is 496 g/mol. The fraction of sp³-hybridized carbons (Fsp3) is 0.154. The Morgan fingerprint density at radius 1 is 1.24 bits per heavy atom. The first kappa shape index (κ1) is 24.1. The van der Waals surface area contributed by atoms with Gasteiger partial charge in [0.15, 0.2) is 4.80 Å². The predicted molar refractivity (Wildman–Crippen MR) is 135 cm³/mol. The van der Waals surface area contributed by atoms with Gasteiger partial charge < -0.3 is 9.15 Å². The van der Waals surface area contributed by atoms with E-state index >= 15 is 0 Å². The second-order valence-electron chi connectivity index (χ2n) is 8.09. The van der Waals surface area contributed by atoms with Crippen molar-refractivity contribution in [1.29, 1.82) is 0 Å². The van der Waals surface area contributed by atoms with E-state index in [0.717, 1.165) is 5.56 Å². The maximum absolute atomic E-state index is 13.6. The minimum absolute atomic E-state index is 0.0810. The van der Waals surface area contributed by atoms with Crippen molar-refractivity contribution in [3.05, 3.63) is 113 Å². The number of ether oxygens (including phenoxy) is 1. The number of nitrogens with zero attached hydrogens (tertiary/aromatic N) is 4. The molecule has 0 fully saturated rings. The Kier molecular flexibility index (Phi) is 6.36. The van der Waals surface area contributed by atoms with Gasteiger partial charge in [0.25, 0.3) is 11.2 Å². The van der Waals surface area contributed by atoms with Crippen molar-refractivity contribution in [2.75, 3.05) is 6.61 Å². The summed E-state index contributed by atoms with van der Waals surface area (Å²) in [6, 6.07) is 12.0. The summed E-state index contributed by atoms with van der Waals surface area (Å²) in [5.74, 6) is 0.0522. The Balaban J connectivity index is 1.68. The van der Waals surface area contributed by atoms with Gasteiger partial charge in [-0.3, -0.25) is 24.5 Å². The summed E-state index contributed by atoms with van der Waals surface area (Å²) in [6.45, 7) is 3.52. The molecule has 0 saturated carbocycles. The third-order valence-electron chi connectivity index (χ3n) is 5.76. The van der Waals surface area contributed by atoms with Crippen LogP contribution in [0.25, 0.3) is 17.4 Å². The molecule has 0 spiro atoms. The summed E-state index contributed by atoms with van der Waals surface area (Å²) in [4.78, 5) is 46.3. The van der Waals surface area contributed by atoms with E-state index in [2.05, 4.69) is 9.98 Å². The number of thiazole rings is 1. The lowest BCUT2D eigenvalue weighted by atomic mass is 10.0. The molecule has 11 heteroatoms. The predicted octanol–water partition coefficient (Wildman–Crippen LogP) is 3.36. The summed E-state index contributed by atoms with van der Waals surface area (Å²) < 4.78 is 13.3. The Hall–Kier alpha value is -4.64. The van der Waals surface area contributed by atoms with Crippen molar-refractivity contribution in [3.8, 4) is 11.3 Å². The van der Waals surface area contributed by atoms with Crippen LogP contribution in [0.2, 0.25) is 0 Å². The van der Waals surface area contributed by atoms with Crippen molar-refractivity contribution >= 4 is 29.1 Å². The fourth-order valence-electron chi connectivity index (χ4n) is 4.10. The van der Waals surface area contributed by atoms with Gasteiger partial charge >= 0.3 is 5.97 Å². The number of non-ortho nitro benzene ring substituents is 1. The van der Waals surface area contributed by atoms with E-state index in [9.17, 15) is 19.7 Å². The van der Waals surface area contributed by atoms with Crippen molar-refractivity contribution in [3.63, 3.8) is 0 Å². The van der Waals surface area contributed by atoms with Gasteiger partial charge in [-0.2, -0.15) is 0 Å². The van der Waals surface area contributed by atoms with Gasteiger partial charge in [0, 0.05) is 30.1 Å². The molecule has 37 heavy (non-hydrogen) atoms. The number of rotatable bonds is 6. The van der Waals surface area contributed by atoms with E-state index in [1.807, 2.05) is 0 Å². The van der Waals surface area contributed by atoms with E-state index < -0.39 is 16.9 Å². The van der Waals surface area contributed by atoms with Gasteiger partial charge in [0.1, 0.15) is 17.6 Å². The highest BCUT2D eigenvalue weighted by atomic mass is 32.1. The molecule has 10 nitrogen and oxygen atoms in total. The van der Waals surface area contributed by atoms with Crippen LogP contribution in [0.1, 0.15) is 31.2 Å². The maximum atomic E-state index is 13.6. The number of pyridine rings is 1. The molecule has 1 aromatic carbocycles. The molecule has 1 aliphatic heterocycles. The number of benzene rings is 1. The lowest BCUT2D eigenvalue weighted by molar-refractivity contribution is -0.384. The number of hydrogen-bond acceptors (Lipinski definition) is 9. The van der Waals surface area contributed by atoms with Crippen LogP contribution in [0, 0.1) is 10.1 Å². The average molecular weight is 517 g/mol. The molecule has 4 aromatic rings. The maximum Gasteiger partial charge on any atom is 0.338 e. The topological polar surface area (TPSA) is 130 Å². The van der Waals surface area contributed by atoms with Crippen molar-refractivity contribution < 1.29 is 18.9 Å². The Morgan fingerprint density at radius 3 is 2.76 bits per heavy atom. The molecule has 1 atom stereocenters. The largest absolute Gasteiger partial charge is 0.463 e. The first-order chi connectivity index (χ1) is 17.9. The van der Waals surface area contributed by atoms with Crippen molar-refractivity contribution in [1.82, 2.24) is 9.55 Å². The van der Waals surface area contributed by atoms with Crippen LogP contribution in [0.4, 0.5) is 5.69 Å². The number of furan rings is 1. The zero-order chi connectivity index (χ0) is 26.1. The highest BCUT2D eigenvalue weighted by Gasteiger charge is 2.35. The second kappa shape index (κ2) is 9.78. The smallest absolute Gasteiger partial charge is 0.338 e. The molecule has 5 rings (SSSR count). The first-order valence-corrected chi connectivity index (χ1v) is 12.1. The van der Waals surface area contributed by atoms with E-state index in [0.29, 0.717) is 32.1 Å². The second-order valence-corrected chi connectivity index (χ2v) is 9.10. The number of nitro groups is 1. The fourth-order valence-corrected chi connectivity index (χ4v) is 5.15. The number of aromatic nitrogens is 2. The van der Waals surface area contributed by atoms with E-state index in [1.165, 1.54) is 28.0 Å². The molecule has 0 unspecified atom stereocenters. The summed E-state index contributed by atoms with van der Waals surface area (Å²) in [5.41, 5.74) is 1.46. The molecule has 186 valence electrons. The standard InChI is InChI=1S/C26H20N4O6S/c1-3-35-25(32)22-15(2)28-26-29(24(31)21(37-26)13-16-9-11-27-12-10-16)23(22)20-8-7-19(36-20)17-5-4-6-18(14-17)30(33)34/h4-14,23H,3H2,1-2H3/b21-13-/t23-/m0/s1. The minimum atomic E-state index is -0.928. The van der Waals surface area contributed by atoms with Crippen LogP contribution < -0.4 is 14.9 Å². The van der Waals surface area contributed by atoms with Gasteiger partial charge in [-0.15, -0.1) is 0 Å². The lowest BCUT2D eigenvalue weighted by Gasteiger charge is -2.22. The first-order valence-electron chi connectivity index (χ1n) is 11.3. The normalized spacial score (nSPS) is 15.3. The van der Waals surface area contributed by atoms with Gasteiger partial charge in [0.2, 0.25) is 0 Å². The number of fused-ring (bicyclic) bond motifs is 1. The molecule has 4 heterocycles. The number of allylic oxidation sites excluding steroid dienone is 1. The monoisotopic (exact) mass is 516 g/mol. The third kappa shape index (κ3) is 4.52. The molecule has 0 radical (unpaired) electrons. The minimum Gasteiger partial charge on any atom is -0.463 e. The van der Waals surface area contributed by atoms with Gasteiger partial charge in [-0.1, -0.05) is 23.5 Å². The van der Waals surface area contributed by atoms with Gasteiger partial charge in [-0.25, -0.2) is 9.79 Å². The SMILES string of the molecule is CCOC(=O)C1=C(C)N=c2s/c(=C\c3ccncc3)c(=O)n2[C@H]1c1ccc(-c2cccc([N+](=O)[O-])c2)o1. The number of hydrogen-bond donors (Lipinski definition) is 0. The van der Waals surface area contributed by atoms with Crippen LogP contribution in [0.15, 0.2) is 86.4 Å². The number of carbonyl (C=O) groups excluding carboxylic acids is 1. The van der Waals surface area contributed by atoms with Gasteiger partial charge in [0.05, 0.1) is 27.3 Å². The van der Waals surface area contributed by atoms with Crippen LogP contribution in [0.3, 0.4) is 0 Å². The Bertz CT molecular complexity index is 1730. The molecule has 1 aliphatic rings. The number of nitro benzene ring substituents is 1. The molecule has 0 N–H and O–H groups in total. The van der Waals surface area contributed by atoms with Crippen LogP contribution >= 0.6 is 11.3 Å². The number of carbonyl (C=O) groups is 1. The highest BCUT2D eigenvalue weighted by Crippen LogP contribution is 2.34.